The lowest BCUT2D eigenvalue weighted by Gasteiger charge is -2.34. The summed E-state index contributed by atoms with van der Waals surface area (Å²) in [5.74, 6) is -0.491. The summed E-state index contributed by atoms with van der Waals surface area (Å²) in [6.07, 6.45) is -3.57. The minimum atomic E-state index is -4.50. The number of anilines is 2. The Bertz CT molecular complexity index is 1070. The van der Waals surface area contributed by atoms with Gasteiger partial charge in [0.05, 0.1) is 12.2 Å². The first kappa shape index (κ1) is 20.9. The Kier molecular flexibility index (Phi) is 5.63. The Labute approximate surface area is 186 Å². The molecule has 1 aliphatic rings. The van der Waals surface area contributed by atoms with Crippen molar-refractivity contribution in [2.45, 2.75) is 24.7 Å². The van der Waals surface area contributed by atoms with Gasteiger partial charge < -0.3 is 10.6 Å². The van der Waals surface area contributed by atoms with Gasteiger partial charge in [0.15, 0.2) is 6.04 Å². The van der Waals surface area contributed by atoms with Crippen molar-refractivity contribution >= 4 is 49.3 Å². The lowest BCUT2D eigenvalue weighted by atomic mass is 9.96. The van der Waals surface area contributed by atoms with Crippen LogP contribution in [0.1, 0.15) is 34.4 Å². The van der Waals surface area contributed by atoms with E-state index in [1.54, 1.807) is 48.5 Å². The first-order valence-electron chi connectivity index (χ1n) is 8.95. The minimum absolute atomic E-state index is 0.0473. The van der Waals surface area contributed by atoms with Gasteiger partial charge in [0, 0.05) is 21.1 Å². The third-order valence-corrected chi connectivity index (χ3v) is 5.91. The monoisotopic (exact) mass is 542 g/mol. The molecule has 0 unspecified atom stereocenters. The maximum absolute atomic E-state index is 13.8. The quantitative estimate of drug-likeness (QED) is 0.406. The number of fused-ring (bicyclic) bond motifs is 1. The second-order valence-corrected chi connectivity index (χ2v) is 8.69. The van der Waals surface area contributed by atoms with E-state index in [1.165, 1.54) is 6.20 Å². The summed E-state index contributed by atoms with van der Waals surface area (Å²) >= 11 is 6.64. The second-order valence-electron chi connectivity index (χ2n) is 6.85. The molecule has 10 heteroatoms. The molecule has 1 aromatic heterocycles. The van der Waals surface area contributed by atoms with Crippen molar-refractivity contribution in [3.8, 4) is 0 Å². The number of hydrogen-bond donors (Lipinski definition) is 2. The predicted molar refractivity (Wildman–Crippen MR) is 115 cm³/mol. The third kappa shape index (κ3) is 4.24. The van der Waals surface area contributed by atoms with E-state index < -0.39 is 24.2 Å². The molecule has 2 aromatic carbocycles. The maximum Gasteiger partial charge on any atom is 0.410 e. The van der Waals surface area contributed by atoms with Crippen LogP contribution in [0.25, 0.3) is 0 Å². The van der Waals surface area contributed by atoms with Crippen LogP contribution in [0.3, 0.4) is 0 Å². The van der Waals surface area contributed by atoms with Crippen LogP contribution in [-0.4, -0.2) is 21.9 Å². The number of amides is 1. The van der Waals surface area contributed by atoms with Gasteiger partial charge in [0.2, 0.25) is 0 Å². The van der Waals surface area contributed by atoms with Crippen molar-refractivity contribution in [2.75, 3.05) is 10.6 Å². The van der Waals surface area contributed by atoms with E-state index in [4.69, 9.17) is 0 Å². The fraction of sp³-hybridized carbons (Fsp3) is 0.200. The molecule has 5 nitrogen and oxygen atoms in total. The van der Waals surface area contributed by atoms with Gasteiger partial charge in [-0.3, -0.25) is 4.79 Å². The highest BCUT2D eigenvalue weighted by atomic mass is 79.9. The largest absolute Gasteiger partial charge is 0.410 e. The first-order chi connectivity index (χ1) is 14.2. The molecule has 4 rings (SSSR count). The van der Waals surface area contributed by atoms with Crippen molar-refractivity contribution in [2.24, 2.45) is 0 Å². The zero-order valence-corrected chi connectivity index (χ0v) is 18.4. The Morgan fingerprint density at radius 1 is 1.07 bits per heavy atom. The minimum Gasteiger partial charge on any atom is -0.363 e. The van der Waals surface area contributed by atoms with Crippen molar-refractivity contribution < 1.29 is 18.0 Å². The number of aromatic nitrogens is 2. The third-order valence-electron chi connectivity index (χ3n) is 4.86. The van der Waals surface area contributed by atoms with Crippen molar-refractivity contribution in [1.82, 2.24) is 9.78 Å². The molecule has 156 valence electrons. The van der Waals surface area contributed by atoms with Gasteiger partial charge in [-0.25, -0.2) is 4.68 Å². The number of halogens is 5. The summed E-state index contributed by atoms with van der Waals surface area (Å²) in [5.41, 5.74) is 1.27. The number of nitrogens with one attached hydrogen (secondary N) is 2. The van der Waals surface area contributed by atoms with Gasteiger partial charge in [-0.2, -0.15) is 18.3 Å². The number of carbonyl (C=O) groups is 1. The highest BCUT2D eigenvalue weighted by Gasteiger charge is 2.47. The molecule has 1 amide bonds. The number of rotatable bonds is 3. The standard InChI is InChI=1S/C20H15Br2F3N4O/c21-12-3-1-11(2-4-12)16-9-17(20(23,24)25)29-18(28-16)15(10-26-29)19(30)27-14-7-5-13(22)6-8-14/h1-8,10,16-17,28H,9H2,(H,27,30)/t16-,17+/m0/s1. The number of nitrogens with zero attached hydrogens (tertiary/aromatic N) is 2. The second kappa shape index (κ2) is 8.07. The van der Waals surface area contributed by atoms with E-state index in [-0.39, 0.29) is 17.8 Å². The molecule has 2 atom stereocenters. The summed E-state index contributed by atoms with van der Waals surface area (Å²) in [7, 11) is 0. The number of benzene rings is 2. The van der Waals surface area contributed by atoms with E-state index in [2.05, 4.69) is 47.6 Å². The lowest BCUT2D eigenvalue weighted by molar-refractivity contribution is -0.173. The van der Waals surface area contributed by atoms with E-state index in [9.17, 15) is 18.0 Å². The zero-order valence-electron chi connectivity index (χ0n) is 15.3. The molecule has 0 fully saturated rings. The van der Waals surface area contributed by atoms with E-state index in [1.807, 2.05) is 0 Å². The Morgan fingerprint density at radius 2 is 1.67 bits per heavy atom. The summed E-state index contributed by atoms with van der Waals surface area (Å²) in [6.45, 7) is 0. The van der Waals surface area contributed by atoms with Gasteiger partial charge in [0.25, 0.3) is 5.91 Å². The molecule has 3 aromatic rings. The topological polar surface area (TPSA) is 59.0 Å². The summed E-state index contributed by atoms with van der Waals surface area (Å²) in [4.78, 5) is 12.8. The van der Waals surface area contributed by atoms with Gasteiger partial charge in [-0.15, -0.1) is 0 Å². The molecule has 0 aliphatic carbocycles. The Hall–Kier alpha value is -2.33. The number of carbonyl (C=O) groups excluding carboxylic acids is 1. The van der Waals surface area contributed by atoms with Crippen molar-refractivity contribution in [3.63, 3.8) is 0 Å². The van der Waals surface area contributed by atoms with Gasteiger partial charge in [-0.1, -0.05) is 44.0 Å². The molecular formula is C20H15Br2F3N4O. The first-order valence-corrected chi connectivity index (χ1v) is 10.5. The van der Waals surface area contributed by atoms with Crippen molar-refractivity contribution in [1.29, 1.82) is 0 Å². The number of alkyl halides is 3. The average molecular weight is 544 g/mol. The molecule has 2 heterocycles. The Balaban J connectivity index is 1.68. The molecule has 2 N–H and O–H groups in total. The van der Waals surface area contributed by atoms with Gasteiger partial charge >= 0.3 is 6.18 Å². The average Bonchev–Trinajstić information content (AvgIpc) is 3.13. The van der Waals surface area contributed by atoms with Crippen LogP contribution in [0, 0.1) is 0 Å². The van der Waals surface area contributed by atoms with Crippen LogP contribution in [0.5, 0.6) is 0 Å². The van der Waals surface area contributed by atoms with E-state index in [0.717, 1.165) is 13.6 Å². The highest BCUT2D eigenvalue weighted by molar-refractivity contribution is 9.10. The molecular weight excluding hydrogens is 529 g/mol. The highest BCUT2D eigenvalue weighted by Crippen LogP contribution is 2.44. The van der Waals surface area contributed by atoms with E-state index in [0.29, 0.717) is 11.3 Å². The molecule has 1 aliphatic heterocycles. The van der Waals surface area contributed by atoms with Crippen LogP contribution in [-0.2, 0) is 0 Å². The van der Waals surface area contributed by atoms with Gasteiger partial charge in [0.1, 0.15) is 11.4 Å². The summed E-state index contributed by atoms with van der Waals surface area (Å²) < 4.78 is 43.8. The molecule has 0 saturated carbocycles. The molecule has 0 bridgehead atoms. The fourth-order valence-corrected chi connectivity index (χ4v) is 3.90. The molecule has 30 heavy (non-hydrogen) atoms. The smallest absolute Gasteiger partial charge is 0.363 e. The molecule has 0 spiro atoms. The van der Waals surface area contributed by atoms with Crippen LogP contribution >= 0.6 is 31.9 Å². The summed E-state index contributed by atoms with van der Waals surface area (Å²) in [5, 5.41) is 9.65. The fourth-order valence-electron chi connectivity index (χ4n) is 3.37. The SMILES string of the molecule is O=C(Nc1ccc(Br)cc1)c1cnn2c1N[C@H](c1ccc(Br)cc1)C[C@@H]2C(F)(F)F. The lowest BCUT2D eigenvalue weighted by Crippen LogP contribution is -2.36. The Morgan fingerprint density at radius 3 is 2.27 bits per heavy atom. The van der Waals surface area contributed by atoms with Crippen LogP contribution in [0.4, 0.5) is 24.7 Å². The molecule has 0 radical (unpaired) electrons. The predicted octanol–water partition coefficient (Wildman–Crippen LogP) is 6.32. The van der Waals surface area contributed by atoms with Crippen LogP contribution in [0.15, 0.2) is 63.7 Å². The maximum atomic E-state index is 13.8. The van der Waals surface area contributed by atoms with Crippen molar-refractivity contribution in [3.05, 3.63) is 74.8 Å². The molecule has 0 saturated heterocycles. The summed E-state index contributed by atoms with van der Waals surface area (Å²) in [6, 6.07) is 11.5. The van der Waals surface area contributed by atoms with Crippen LogP contribution in [0.2, 0.25) is 0 Å². The number of hydrogen-bond acceptors (Lipinski definition) is 3. The van der Waals surface area contributed by atoms with Gasteiger partial charge in [-0.05, 0) is 42.0 Å². The van der Waals surface area contributed by atoms with E-state index >= 15 is 0 Å². The zero-order chi connectivity index (χ0) is 21.5. The normalized spacial score (nSPS) is 18.4. The van der Waals surface area contributed by atoms with Crippen LogP contribution < -0.4 is 10.6 Å².